The highest BCUT2D eigenvalue weighted by molar-refractivity contribution is 7.95. The van der Waals surface area contributed by atoms with Crippen LogP contribution in [0.25, 0.3) is 43.1 Å². The second-order valence-electron chi connectivity index (χ2n) is 20.2. The summed E-state index contributed by atoms with van der Waals surface area (Å²) in [5.41, 5.74) is -3.68. The summed E-state index contributed by atoms with van der Waals surface area (Å²) in [6.07, 6.45) is 0. The number of phenolic OH excluding ortho intramolecular Hbond substituents is 2. The Kier molecular flexibility index (Phi) is 19.9. The van der Waals surface area contributed by atoms with E-state index in [-0.39, 0.29) is 55.1 Å². The monoisotopic (exact) mass is 1560 g/mol. The van der Waals surface area contributed by atoms with Gasteiger partial charge in [0.25, 0.3) is 60.7 Å². The van der Waals surface area contributed by atoms with Gasteiger partial charge in [-0.1, -0.05) is 46.5 Å². The molecule has 0 aliphatic carbocycles. The maximum Gasteiger partial charge on any atom is 0.320 e. The van der Waals surface area contributed by atoms with Gasteiger partial charge < -0.3 is 41.7 Å². The van der Waals surface area contributed by atoms with Crippen LogP contribution in [-0.4, -0.2) is 139 Å². The van der Waals surface area contributed by atoms with Crippen LogP contribution in [0.3, 0.4) is 0 Å². The Balaban J connectivity index is 0.889. The Bertz CT molecular complexity index is 6140. The second-order valence-corrected chi connectivity index (χ2v) is 30.0. The average molecular weight is 1560 g/mol. The van der Waals surface area contributed by atoms with Gasteiger partial charge in [0, 0.05) is 48.6 Å². The molecular weight excluding hydrogens is 1530 g/mol. The molecule has 530 valence electrons. The summed E-state index contributed by atoms with van der Waals surface area (Å²) < 4.78 is 221. The zero-order chi connectivity index (χ0) is 73.8. The zero-order valence-electron chi connectivity index (χ0n) is 49.2. The molecule has 0 unspecified atom stereocenters. The largest absolute Gasteiger partial charge is 0.505 e. The molecule has 0 radical (unpaired) electrons. The van der Waals surface area contributed by atoms with Crippen LogP contribution in [0.4, 0.5) is 69.3 Å². The lowest BCUT2D eigenvalue weighted by atomic mass is 10.1. The number of nitrogens with zero attached hydrogens (tertiary/aromatic N) is 10. The number of azo groups is 2. The zero-order valence-corrected chi connectivity index (χ0v) is 55.7. The molecule has 0 saturated heterocycles. The van der Waals surface area contributed by atoms with E-state index in [4.69, 9.17) is 10.5 Å². The summed E-state index contributed by atoms with van der Waals surface area (Å²) in [6.45, 7) is 0. The minimum atomic E-state index is -5.43. The molecule has 0 bridgehead atoms. The number of anilines is 8. The molecule has 0 aliphatic heterocycles. The molecule has 11 aromatic rings. The van der Waals surface area contributed by atoms with Crippen molar-refractivity contribution in [1.82, 2.24) is 29.9 Å². The lowest BCUT2D eigenvalue weighted by Gasteiger charge is -2.15. The first kappa shape index (κ1) is 72.8. The van der Waals surface area contributed by atoms with E-state index in [0.717, 1.165) is 97.1 Å². The molecule has 2 aromatic heterocycles. The Labute approximate surface area is 576 Å². The standard InChI is InChI=1S/C52H36N14O28S8/c67-43-40-22(17-35(96-94-92-72)41(43)65-63-31-13-11-27-29(45(31)101(85,86)87)3-1-5-36(27)98(76,77)78)16-26(97(73,74)75)20-34(40)56-50-58-48(60-52(70)62-50)54-24-9-7-23(8-10-24)53-47-57-49(61-51(69)59-47)55-33-19-25(95-93-91-71)15-21-18-38(100(82,83)84)42(44(68)39(21)33)66-64-32-14-12-28-30(46(32)102(88,89)90)4-2-6-37(28)99(79,80)81/h1-20,67-68,71-72H,(H,73,74,75)(H,76,77,78)(H,79,80,81)(H,82,83,84)(H,85,86,87)(H,88,89,90)(H3,53,55,57,59,61,69)(H3,54,56,58,60,62,70). The molecule has 50 heteroatoms. The lowest BCUT2D eigenvalue weighted by molar-refractivity contribution is -0.432. The van der Waals surface area contributed by atoms with Crippen LogP contribution in [0.5, 0.6) is 23.5 Å². The van der Waals surface area contributed by atoms with E-state index in [2.05, 4.69) is 90.4 Å². The van der Waals surface area contributed by atoms with Gasteiger partial charge in [0.2, 0.25) is 23.8 Å². The van der Waals surface area contributed by atoms with Crippen molar-refractivity contribution in [3.05, 3.63) is 121 Å². The number of hydrogen-bond donors (Lipinski definition) is 16. The van der Waals surface area contributed by atoms with Crippen LogP contribution in [0.1, 0.15) is 0 Å². The van der Waals surface area contributed by atoms with E-state index in [1.165, 1.54) is 24.3 Å². The van der Waals surface area contributed by atoms with Crippen LogP contribution in [0.15, 0.2) is 181 Å². The third-order valence-electron chi connectivity index (χ3n) is 13.8. The number of aromatic hydroxyl groups is 4. The van der Waals surface area contributed by atoms with Gasteiger partial charge in [-0.2, -0.15) is 80.4 Å². The lowest BCUT2D eigenvalue weighted by Crippen LogP contribution is -2.06. The highest BCUT2D eigenvalue weighted by Gasteiger charge is 2.30. The summed E-state index contributed by atoms with van der Waals surface area (Å²) in [6, 6.07) is 19.0. The molecule has 0 fully saturated rings. The molecule has 42 nitrogen and oxygen atoms in total. The molecule has 2 heterocycles. The van der Waals surface area contributed by atoms with Crippen LogP contribution in [0.2, 0.25) is 0 Å². The van der Waals surface area contributed by atoms with Crippen LogP contribution < -0.4 is 21.3 Å². The van der Waals surface area contributed by atoms with Gasteiger partial charge in [-0.05, 0) is 95.7 Å². The molecule has 0 aliphatic rings. The van der Waals surface area contributed by atoms with Crippen molar-refractivity contribution in [1.29, 1.82) is 0 Å². The maximum atomic E-state index is 12.9. The van der Waals surface area contributed by atoms with E-state index in [1.54, 1.807) is 0 Å². The quantitative estimate of drug-likeness (QED) is 0.00879. The van der Waals surface area contributed by atoms with E-state index in [1.807, 2.05) is 0 Å². The second kappa shape index (κ2) is 27.8. The van der Waals surface area contributed by atoms with Gasteiger partial charge in [-0.15, -0.1) is 29.1 Å². The number of aromatic nitrogens is 6. The van der Waals surface area contributed by atoms with Gasteiger partial charge in [0.05, 0.1) is 45.3 Å². The molecule has 102 heavy (non-hydrogen) atoms. The van der Waals surface area contributed by atoms with Crippen molar-refractivity contribution in [2.45, 2.75) is 39.2 Å². The summed E-state index contributed by atoms with van der Waals surface area (Å²) in [4.78, 5) is 17.6. The third-order valence-corrected chi connectivity index (χ3v) is 20.4. The molecular formula is C52H36N14O28S8. The molecule has 11 rings (SSSR count). The number of fused-ring (bicyclic) bond motifs is 4. The Hall–Kier alpha value is -10.4. The van der Waals surface area contributed by atoms with E-state index < -0.39 is 193 Å². The highest BCUT2D eigenvalue weighted by Crippen LogP contribution is 2.50. The topological polar surface area (TPSA) is 659 Å². The smallest absolute Gasteiger partial charge is 0.320 e. The van der Waals surface area contributed by atoms with Crippen molar-refractivity contribution in [2.75, 3.05) is 21.3 Å². The van der Waals surface area contributed by atoms with Crippen molar-refractivity contribution >= 4 is 197 Å². The minimum Gasteiger partial charge on any atom is -0.505 e. The molecule has 0 spiro atoms. The van der Waals surface area contributed by atoms with Crippen molar-refractivity contribution in [2.24, 2.45) is 20.5 Å². The predicted molar refractivity (Wildman–Crippen MR) is 350 cm³/mol. The average Bonchev–Trinajstić information content (AvgIpc) is 0.768. The molecule has 9 aromatic carbocycles. The fourth-order valence-electron chi connectivity index (χ4n) is 9.90. The molecule has 16 N–H and O–H groups in total. The van der Waals surface area contributed by atoms with Crippen LogP contribution in [-0.2, 0) is 79.5 Å². The first-order valence-electron chi connectivity index (χ1n) is 26.7. The first-order valence-corrected chi connectivity index (χ1v) is 36.9. The predicted octanol–water partition coefficient (Wildman–Crippen LogP) is 9.63. The fraction of sp³-hybridized carbons (Fsp3) is 0. The third kappa shape index (κ3) is 15.7. The Morgan fingerprint density at radius 2 is 0.804 bits per heavy atom. The number of phenols is 2. The summed E-state index contributed by atoms with van der Waals surface area (Å²) >= 11 is 0.417. The Morgan fingerprint density at radius 1 is 0.382 bits per heavy atom. The Morgan fingerprint density at radius 3 is 1.25 bits per heavy atom. The molecule has 0 atom stereocenters. The normalized spacial score (nSPS) is 12.7. The van der Waals surface area contributed by atoms with E-state index >= 15 is 0 Å². The number of nitrogens with one attached hydrogen (secondary N) is 4. The van der Waals surface area contributed by atoms with Gasteiger partial charge in [-0.3, -0.25) is 27.3 Å². The number of benzene rings is 9. The van der Waals surface area contributed by atoms with Crippen LogP contribution >= 0.6 is 24.1 Å². The number of rotatable bonds is 24. The van der Waals surface area contributed by atoms with Gasteiger partial charge in [-0.25, -0.2) is 10.5 Å². The fourth-order valence-corrected chi connectivity index (χ4v) is 15.1. The van der Waals surface area contributed by atoms with Gasteiger partial charge in [0.15, 0.2) is 11.5 Å². The van der Waals surface area contributed by atoms with Crippen LogP contribution in [0, 0.1) is 0 Å². The summed E-state index contributed by atoms with van der Waals surface area (Å²) in [5, 5.41) is 93.6. The highest BCUT2D eigenvalue weighted by atomic mass is 32.2. The SMILES string of the molecule is O=S(=O)(O)c1cc(Nc2nc(O)nc(Nc3ccc(Nc4nc(O)nc(Nc5cc(SOOO)cc6cc(S(=O)(=O)O)c(N=Nc7ccc8c(S(=O)(=O)O)cccc8c7S(=O)(=O)O)c(O)c56)n4)cc3)n2)c2c(O)c(N=Nc3ccc4c(S(=O)(=O)O)cccc4c3S(=O)(=O)O)c(SOOO)cc2c1. The molecule has 0 amide bonds. The van der Waals surface area contributed by atoms with E-state index in [9.17, 15) is 98.2 Å². The van der Waals surface area contributed by atoms with Crippen molar-refractivity contribution in [3.8, 4) is 23.5 Å². The van der Waals surface area contributed by atoms with Crippen molar-refractivity contribution in [3.63, 3.8) is 0 Å². The minimum absolute atomic E-state index is 0.0571. The molecule has 0 saturated carbocycles. The number of hydrogen-bond acceptors (Lipinski definition) is 38. The van der Waals surface area contributed by atoms with Crippen molar-refractivity contribution < 1.29 is 128 Å². The summed E-state index contributed by atoms with van der Waals surface area (Å²) in [5.74, 6) is -4.05. The van der Waals surface area contributed by atoms with Gasteiger partial charge in [0.1, 0.15) is 47.2 Å². The van der Waals surface area contributed by atoms with Gasteiger partial charge >= 0.3 is 12.0 Å². The summed E-state index contributed by atoms with van der Waals surface area (Å²) in [7, 11) is -31.2. The maximum absolute atomic E-state index is 12.9. The first-order chi connectivity index (χ1) is 47.9. The van der Waals surface area contributed by atoms with E-state index in [0.29, 0.717) is 12.0 Å².